The predicted octanol–water partition coefficient (Wildman–Crippen LogP) is 2.29. The summed E-state index contributed by atoms with van der Waals surface area (Å²) in [5.41, 5.74) is 8.99. The van der Waals surface area contributed by atoms with Gasteiger partial charge in [-0.25, -0.2) is 9.97 Å². The third-order valence-electron chi connectivity index (χ3n) is 2.74. The molecular weight excluding hydrogens is 226 g/mol. The first-order valence-corrected chi connectivity index (χ1v) is 5.46. The van der Waals surface area contributed by atoms with E-state index in [1.165, 1.54) is 6.33 Å². The molecule has 5 heteroatoms. The van der Waals surface area contributed by atoms with Crippen LogP contribution in [0.2, 0.25) is 0 Å². The average Bonchev–Trinajstić information content (AvgIpc) is 2.37. The second-order valence-electron chi connectivity index (χ2n) is 4.00. The van der Waals surface area contributed by atoms with Gasteiger partial charge in [-0.3, -0.25) is 0 Å². The van der Waals surface area contributed by atoms with Gasteiger partial charge in [-0.05, 0) is 31.5 Å². The fourth-order valence-corrected chi connectivity index (χ4v) is 1.54. The van der Waals surface area contributed by atoms with Crippen molar-refractivity contribution in [3.05, 3.63) is 41.2 Å². The van der Waals surface area contributed by atoms with Gasteiger partial charge in [0.05, 0.1) is 11.6 Å². The second kappa shape index (κ2) is 4.72. The van der Waals surface area contributed by atoms with Crippen LogP contribution in [0.1, 0.15) is 16.7 Å². The summed E-state index contributed by atoms with van der Waals surface area (Å²) >= 11 is 0. The molecule has 0 spiro atoms. The van der Waals surface area contributed by atoms with Crippen molar-refractivity contribution >= 4 is 17.3 Å². The third kappa shape index (κ3) is 2.23. The maximum Gasteiger partial charge on any atom is 0.138 e. The lowest BCUT2D eigenvalue weighted by Gasteiger charge is -2.11. The van der Waals surface area contributed by atoms with E-state index in [0.717, 1.165) is 16.8 Å². The van der Waals surface area contributed by atoms with Crippen molar-refractivity contribution in [3.63, 3.8) is 0 Å². The Balaban J connectivity index is 2.40. The molecule has 1 heterocycles. The largest absolute Gasteiger partial charge is 0.383 e. The minimum absolute atomic E-state index is 0.446. The molecule has 90 valence electrons. The number of aromatic nitrogens is 2. The molecule has 18 heavy (non-hydrogen) atoms. The number of nitrogens with two attached hydrogens (primary N) is 1. The molecule has 0 aliphatic carbocycles. The van der Waals surface area contributed by atoms with Gasteiger partial charge in [0.2, 0.25) is 0 Å². The monoisotopic (exact) mass is 239 g/mol. The highest BCUT2D eigenvalue weighted by Gasteiger charge is 2.06. The smallest absolute Gasteiger partial charge is 0.138 e. The fourth-order valence-electron chi connectivity index (χ4n) is 1.54. The molecule has 0 aliphatic heterocycles. The fraction of sp³-hybridized carbons (Fsp3) is 0.154. The van der Waals surface area contributed by atoms with Crippen molar-refractivity contribution in [2.45, 2.75) is 13.8 Å². The third-order valence-corrected chi connectivity index (χ3v) is 2.74. The first-order valence-electron chi connectivity index (χ1n) is 5.46. The summed E-state index contributed by atoms with van der Waals surface area (Å²) in [5, 5.41) is 12.1. The number of hydrogen-bond acceptors (Lipinski definition) is 5. The minimum atomic E-state index is 0.446. The van der Waals surface area contributed by atoms with Gasteiger partial charge in [0.25, 0.3) is 0 Å². The van der Waals surface area contributed by atoms with Crippen LogP contribution in [0.25, 0.3) is 0 Å². The molecule has 0 fully saturated rings. The molecule has 0 atom stereocenters. The highest BCUT2D eigenvalue weighted by molar-refractivity contribution is 5.66. The maximum atomic E-state index is 8.89. The number of rotatable bonds is 2. The second-order valence-corrected chi connectivity index (χ2v) is 4.00. The lowest BCUT2D eigenvalue weighted by Crippen LogP contribution is -2.03. The molecule has 0 radical (unpaired) electrons. The Kier molecular flexibility index (Phi) is 3.11. The van der Waals surface area contributed by atoms with Gasteiger partial charge in [-0.2, -0.15) is 5.26 Å². The molecule has 1 aromatic heterocycles. The first-order chi connectivity index (χ1) is 8.61. The molecule has 3 N–H and O–H groups in total. The van der Waals surface area contributed by atoms with E-state index in [9.17, 15) is 0 Å². The number of benzene rings is 1. The number of nitrogen functional groups attached to an aromatic ring is 1. The van der Waals surface area contributed by atoms with Crippen LogP contribution in [0.5, 0.6) is 0 Å². The summed E-state index contributed by atoms with van der Waals surface area (Å²) in [6.45, 7) is 3.81. The van der Waals surface area contributed by atoms with E-state index >= 15 is 0 Å². The summed E-state index contributed by atoms with van der Waals surface area (Å²) in [6.07, 6.45) is 1.41. The van der Waals surface area contributed by atoms with E-state index in [1.54, 1.807) is 12.1 Å². The summed E-state index contributed by atoms with van der Waals surface area (Å²) in [5.74, 6) is 1.10. The van der Waals surface area contributed by atoms with Crippen LogP contribution in [0.4, 0.5) is 17.3 Å². The van der Waals surface area contributed by atoms with Gasteiger partial charge in [0.15, 0.2) is 0 Å². The van der Waals surface area contributed by atoms with Crippen molar-refractivity contribution < 1.29 is 0 Å². The lowest BCUT2D eigenvalue weighted by molar-refractivity contribution is 1.14. The predicted molar refractivity (Wildman–Crippen MR) is 70.4 cm³/mol. The van der Waals surface area contributed by atoms with Gasteiger partial charge in [0.1, 0.15) is 18.0 Å². The molecule has 2 rings (SSSR count). The van der Waals surface area contributed by atoms with Gasteiger partial charge in [-0.1, -0.05) is 6.07 Å². The van der Waals surface area contributed by atoms with Gasteiger partial charge >= 0.3 is 0 Å². The lowest BCUT2D eigenvalue weighted by atomic mass is 10.1. The van der Waals surface area contributed by atoms with E-state index in [-0.39, 0.29) is 0 Å². The Hall–Kier alpha value is -2.61. The van der Waals surface area contributed by atoms with Crippen molar-refractivity contribution in [1.29, 1.82) is 5.26 Å². The highest BCUT2D eigenvalue weighted by Crippen LogP contribution is 2.23. The summed E-state index contributed by atoms with van der Waals surface area (Å²) in [6, 6.07) is 7.56. The number of nitrogens with one attached hydrogen (secondary N) is 1. The first kappa shape index (κ1) is 11.9. The molecule has 2 aromatic rings. The zero-order chi connectivity index (χ0) is 13.1. The van der Waals surface area contributed by atoms with E-state index in [0.29, 0.717) is 17.2 Å². The van der Waals surface area contributed by atoms with Crippen molar-refractivity contribution in [2.75, 3.05) is 11.1 Å². The van der Waals surface area contributed by atoms with Crippen molar-refractivity contribution in [1.82, 2.24) is 9.97 Å². The summed E-state index contributed by atoms with van der Waals surface area (Å²) in [7, 11) is 0. The van der Waals surface area contributed by atoms with Crippen LogP contribution < -0.4 is 11.1 Å². The minimum Gasteiger partial charge on any atom is -0.383 e. The molecule has 0 aliphatic rings. The normalized spacial score (nSPS) is 9.83. The van der Waals surface area contributed by atoms with Gasteiger partial charge < -0.3 is 11.1 Å². The van der Waals surface area contributed by atoms with Crippen molar-refractivity contribution in [2.24, 2.45) is 0 Å². The summed E-state index contributed by atoms with van der Waals surface area (Å²) in [4.78, 5) is 8.06. The number of nitrogens with zero attached hydrogens (tertiary/aromatic N) is 3. The molecular formula is C13H13N5. The number of aryl methyl sites for hydroxylation is 1. The van der Waals surface area contributed by atoms with E-state index in [4.69, 9.17) is 11.0 Å². The Bertz CT molecular complexity index is 628. The Morgan fingerprint density at radius 1 is 1.28 bits per heavy atom. The standard InChI is InChI=1S/C13H13N5/c1-8-3-4-10(6-14)5-11(8)18-13-9(2)12(15)16-7-17-13/h3-5,7H,1-2H3,(H3,15,16,17,18). The maximum absolute atomic E-state index is 8.89. The zero-order valence-electron chi connectivity index (χ0n) is 10.2. The van der Waals surface area contributed by atoms with Crippen molar-refractivity contribution in [3.8, 4) is 6.07 Å². The SMILES string of the molecule is Cc1ccc(C#N)cc1Nc1ncnc(N)c1C. The van der Waals surface area contributed by atoms with Crippen LogP contribution in [-0.4, -0.2) is 9.97 Å². The average molecular weight is 239 g/mol. The molecule has 1 aromatic carbocycles. The van der Waals surface area contributed by atoms with Crippen LogP contribution >= 0.6 is 0 Å². The Labute approximate surface area is 105 Å². The van der Waals surface area contributed by atoms with Crippen LogP contribution in [0.15, 0.2) is 24.5 Å². The molecule has 0 amide bonds. The zero-order valence-corrected chi connectivity index (χ0v) is 10.2. The number of hydrogen-bond donors (Lipinski definition) is 2. The van der Waals surface area contributed by atoms with E-state index in [1.807, 2.05) is 19.9 Å². The molecule has 5 nitrogen and oxygen atoms in total. The molecule has 0 unspecified atom stereocenters. The summed E-state index contributed by atoms with van der Waals surface area (Å²) < 4.78 is 0. The van der Waals surface area contributed by atoms with Crippen LogP contribution in [0.3, 0.4) is 0 Å². The quantitative estimate of drug-likeness (QED) is 0.839. The van der Waals surface area contributed by atoms with Gasteiger partial charge in [0, 0.05) is 11.3 Å². The number of nitriles is 1. The van der Waals surface area contributed by atoms with Gasteiger partial charge in [-0.15, -0.1) is 0 Å². The van der Waals surface area contributed by atoms with E-state index in [2.05, 4.69) is 21.4 Å². The van der Waals surface area contributed by atoms with Crippen LogP contribution in [-0.2, 0) is 0 Å². The molecule has 0 bridgehead atoms. The molecule has 0 saturated heterocycles. The van der Waals surface area contributed by atoms with Crippen LogP contribution in [0, 0.1) is 25.2 Å². The Morgan fingerprint density at radius 3 is 2.78 bits per heavy atom. The van der Waals surface area contributed by atoms with E-state index < -0.39 is 0 Å². The topological polar surface area (TPSA) is 87.6 Å². The Morgan fingerprint density at radius 2 is 2.06 bits per heavy atom. The highest BCUT2D eigenvalue weighted by atomic mass is 15.0. The number of anilines is 3. The molecule has 0 saturated carbocycles.